The molecule has 4 heteroatoms. The summed E-state index contributed by atoms with van der Waals surface area (Å²) in [7, 11) is 0. The lowest BCUT2D eigenvalue weighted by Crippen LogP contribution is -2.20. The summed E-state index contributed by atoms with van der Waals surface area (Å²) >= 11 is 0. The second-order valence-electron chi connectivity index (χ2n) is 7.55. The highest BCUT2D eigenvalue weighted by Crippen LogP contribution is 2.44. The molecule has 0 amide bonds. The third kappa shape index (κ3) is 3.54. The zero-order chi connectivity index (χ0) is 18.9. The monoisotopic (exact) mass is 350 g/mol. The maximum Gasteiger partial charge on any atom is 0.345 e. The molecule has 4 nitrogen and oxygen atoms in total. The van der Waals surface area contributed by atoms with E-state index < -0.39 is 17.4 Å². The highest BCUT2D eigenvalue weighted by Gasteiger charge is 2.30. The number of benzene rings is 2. The van der Waals surface area contributed by atoms with Gasteiger partial charge >= 0.3 is 11.9 Å². The van der Waals surface area contributed by atoms with Gasteiger partial charge in [0.1, 0.15) is 12.2 Å². The Morgan fingerprint density at radius 3 is 1.96 bits per heavy atom. The quantitative estimate of drug-likeness (QED) is 0.384. The number of hydrogen-bond acceptors (Lipinski definition) is 3. The SMILES string of the molecule is CC(C)(C)C=C(C(=O)O)C(=O)OCC1c2ccccc2-c2ccccc21. The number of carboxylic acids is 1. The molecule has 0 aliphatic heterocycles. The van der Waals surface area contributed by atoms with E-state index in [1.54, 1.807) is 0 Å². The Kier molecular flexibility index (Phi) is 4.68. The molecule has 0 bridgehead atoms. The number of carbonyl (C=O) groups is 2. The first kappa shape index (κ1) is 17.9. The summed E-state index contributed by atoms with van der Waals surface area (Å²) in [6.45, 7) is 5.63. The molecule has 0 atom stereocenters. The van der Waals surface area contributed by atoms with Crippen LogP contribution in [0.3, 0.4) is 0 Å². The van der Waals surface area contributed by atoms with Crippen LogP contribution in [0.15, 0.2) is 60.2 Å². The number of hydrogen-bond donors (Lipinski definition) is 1. The molecule has 2 aromatic carbocycles. The highest BCUT2D eigenvalue weighted by molar-refractivity contribution is 6.13. The molecule has 1 N–H and O–H groups in total. The molecule has 0 aromatic heterocycles. The molecule has 0 fully saturated rings. The Morgan fingerprint density at radius 1 is 1.00 bits per heavy atom. The van der Waals surface area contributed by atoms with Crippen molar-refractivity contribution in [1.82, 2.24) is 0 Å². The molecule has 134 valence electrons. The second-order valence-corrected chi connectivity index (χ2v) is 7.55. The van der Waals surface area contributed by atoms with Crippen LogP contribution in [-0.4, -0.2) is 23.7 Å². The summed E-state index contributed by atoms with van der Waals surface area (Å²) in [6, 6.07) is 16.0. The summed E-state index contributed by atoms with van der Waals surface area (Å²) in [6.07, 6.45) is 1.44. The van der Waals surface area contributed by atoms with Crippen LogP contribution in [0.4, 0.5) is 0 Å². The van der Waals surface area contributed by atoms with Crippen LogP contribution in [0, 0.1) is 5.41 Å². The van der Waals surface area contributed by atoms with Gasteiger partial charge in [0.05, 0.1) is 0 Å². The summed E-state index contributed by atoms with van der Waals surface area (Å²) < 4.78 is 5.42. The van der Waals surface area contributed by atoms with Crippen LogP contribution >= 0.6 is 0 Å². The molecule has 0 saturated carbocycles. The summed E-state index contributed by atoms with van der Waals surface area (Å²) in [5.74, 6) is -2.15. The Balaban J connectivity index is 1.85. The first-order valence-electron chi connectivity index (χ1n) is 8.59. The molecule has 26 heavy (non-hydrogen) atoms. The Hall–Kier alpha value is -2.88. The van der Waals surface area contributed by atoms with Crippen LogP contribution in [-0.2, 0) is 14.3 Å². The van der Waals surface area contributed by atoms with Gasteiger partial charge in [0, 0.05) is 5.92 Å². The lowest BCUT2D eigenvalue weighted by Gasteiger charge is -2.16. The van der Waals surface area contributed by atoms with Gasteiger partial charge in [0.25, 0.3) is 0 Å². The Labute approximate surface area is 153 Å². The number of allylic oxidation sites excluding steroid dienone is 1. The van der Waals surface area contributed by atoms with Crippen molar-refractivity contribution >= 4 is 11.9 Å². The molecule has 0 radical (unpaired) electrons. The van der Waals surface area contributed by atoms with Crippen LogP contribution in [0.2, 0.25) is 0 Å². The third-order valence-electron chi connectivity index (χ3n) is 4.37. The topological polar surface area (TPSA) is 63.6 Å². The fourth-order valence-corrected chi connectivity index (χ4v) is 3.32. The number of rotatable bonds is 4. The summed E-state index contributed by atoms with van der Waals surface area (Å²) in [5.41, 5.74) is 3.70. The fraction of sp³-hybridized carbons (Fsp3) is 0.273. The minimum Gasteiger partial charge on any atom is -0.477 e. The van der Waals surface area contributed by atoms with Crippen LogP contribution < -0.4 is 0 Å². The molecule has 1 aliphatic carbocycles. The normalized spacial score (nSPS) is 13.9. The van der Waals surface area contributed by atoms with Gasteiger partial charge in [-0.05, 0) is 27.7 Å². The van der Waals surface area contributed by atoms with E-state index in [0.29, 0.717) is 0 Å². The van der Waals surface area contributed by atoms with E-state index >= 15 is 0 Å². The highest BCUT2D eigenvalue weighted by atomic mass is 16.5. The molecule has 2 aromatic rings. The molecule has 0 saturated heterocycles. The third-order valence-corrected chi connectivity index (χ3v) is 4.37. The van der Waals surface area contributed by atoms with Crippen molar-refractivity contribution in [2.24, 2.45) is 5.41 Å². The summed E-state index contributed by atoms with van der Waals surface area (Å²) in [5, 5.41) is 9.35. The van der Waals surface area contributed by atoms with Crippen molar-refractivity contribution in [1.29, 1.82) is 0 Å². The Morgan fingerprint density at radius 2 is 1.50 bits per heavy atom. The van der Waals surface area contributed by atoms with Gasteiger partial charge in [-0.1, -0.05) is 75.4 Å². The van der Waals surface area contributed by atoms with Gasteiger partial charge < -0.3 is 9.84 Å². The molecular formula is C22H22O4. The van der Waals surface area contributed by atoms with E-state index in [0.717, 1.165) is 22.3 Å². The number of esters is 1. The standard InChI is InChI=1S/C22H22O4/c1-22(2,3)12-18(20(23)24)21(25)26-13-19-16-10-6-4-8-14(16)15-9-5-7-11-17(15)19/h4-12,19H,13H2,1-3H3,(H,23,24). The van der Waals surface area contributed by atoms with Gasteiger partial charge in [0.2, 0.25) is 0 Å². The second kappa shape index (κ2) is 6.79. The number of aliphatic carboxylic acids is 1. The van der Waals surface area contributed by atoms with Gasteiger partial charge in [0.15, 0.2) is 0 Å². The fourth-order valence-electron chi connectivity index (χ4n) is 3.32. The van der Waals surface area contributed by atoms with Crippen molar-refractivity contribution < 1.29 is 19.4 Å². The Bertz CT molecular complexity index is 842. The molecular weight excluding hydrogens is 328 g/mol. The van der Waals surface area contributed by atoms with Crippen molar-refractivity contribution in [3.05, 3.63) is 71.3 Å². The van der Waals surface area contributed by atoms with E-state index in [-0.39, 0.29) is 18.1 Å². The molecule has 0 unspecified atom stereocenters. The van der Waals surface area contributed by atoms with E-state index in [9.17, 15) is 14.7 Å². The molecule has 1 aliphatic rings. The van der Waals surface area contributed by atoms with Crippen LogP contribution in [0.5, 0.6) is 0 Å². The molecule has 3 rings (SSSR count). The van der Waals surface area contributed by atoms with Crippen molar-refractivity contribution in [2.45, 2.75) is 26.7 Å². The lowest BCUT2D eigenvalue weighted by molar-refractivity contribution is -0.144. The lowest BCUT2D eigenvalue weighted by atomic mass is 9.93. The molecule has 0 spiro atoms. The predicted molar refractivity (Wildman–Crippen MR) is 99.9 cm³/mol. The van der Waals surface area contributed by atoms with E-state index in [2.05, 4.69) is 12.1 Å². The number of carbonyl (C=O) groups excluding carboxylic acids is 1. The maximum atomic E-state index is 12.4. The maximum absolute atomic E-state index is 12.4. The average Bonchev–Trinajstić information content (AvgIpc) is 2.91. The molecule has 0 heterocycles. The van der Waals surface area contributed by atoms with Crippen molar-refractivity contribution in [3.8, 4) is 11.1 Å². The van der Waals surface area contributed by atoms with Gasteiger partial charge in [-0.15, -0.1) is 0 Å². The van der Waals surface area contributed by atoms with Crippen LogP contribution in [0.1, 0.15) is 37.8 Å². The number of fused-ring (bicyclic) bond motifs is 3. The largest absolute Gasteiger partial charge is 0.477 e. The van der Waals surface area contributed by atoms with E-state index in [4.69, 9.17) is 4.74 Å². The average molecular weight is 350 g/mol. The first-order chi connectivity index (χ1) is 12.3. The number of carboxylic acid groups (broad SMARTS) is 1. The summed E-state index contributed by atoms with van der Waals surface area (Å²) in [4.78, 5) is 23.8. The van der Waals surface area contributed by atoms with Gasteiger partial charge in [-0.3, -0.25) is 0 Å². The minimum atomic E-state index is -1.27. The number of ether oxygens (including phenoxy) is 1. The predicted octanol–water partition coefficient (Wildman–Crippen LogP) is 4.40. The smallest absolute Gasteiger partial charge is 0.345 e. The van der Waals surface area contributed by atoms with E-state index in [1.807, 2.05) is 57.2 Å². The zero-order valence-electron chi connectivity index (χ0n) is 15.2. The van der Waals surface area contributed by atoms with Gasteiger partial charge in [-0.25, -0.2) is 9.59 Å². The first-order valence-corrected chi connectivity index (χ1v) is 8.59. The zero-order valence-corrected chi connectivity index (χ0v) is 15.2. The van der Waals surface area contributed by atoms with Crippen molar-refractivity contribution in [3.63, 3.8) is 0 Å². The van der Waals surface area contributed by atoms with Gasteiger partial charge in [-0.2, -0.15) is 0 Å². The minimum absolute atomic E-state index is 0.0870. The van der Waals surface area contributed by atoms with Crippen LogP contribution in [0.25, 0.3) is 11.1 Å². The van der Waals surface area contributed by atoms with E-state index in [1.165, 1.54) is 6.08 Å². The van der Waals surface area contributed by atoms with Crippen molar-refractivity contribution in [2.75, 3.05) is 6.61 Å².